The molecule has 0 heterocycles. The lowest BCUT2D eigenvalue weighted by molar-refractivity contribution is -0.160. The maximum atomic E-state index is 12.2. The SMILES string of the molecule is CCOc1ccc(C(NC(=O)CNC(=O)OCC(F)(F)F)c2ccccc2)cc1. The van der Waals surface area contributed by atoms with Gasteiger partial charge in [-0.2, -0.15) is 13.2 Å². The molecule has 0 fully saturated rings. The van der Waals surface area contributed by atoms with Crippen LogP contribution in [0.2, 0.25) is 0 Å². The summed E-state index contributed by atoms with van der Waals surface area (Å²) in [7, 11) is 0. The summed E-state index contributed by atoms with van der Waals surface area (Å²) in [4.78, 5) is 23.5. The average molecular weight is 410 g/mol. The highest BCUT2D eigenvalue weighted by Gasteiger charge is 2.29. The molecule has 29 heavy (non-hydrogen) atoms. The van der Waals surface area contributed by atoms with E-state index in [1.165, 1.54) is 0 Å². The maximum Gasteiger partial charge on any atom is 0.422 e. The van der Waals surface area contributed by atoms with Gasteiger partial charge in [0.1, 0.15) is 12.3 Å². The zero-order valence-electron chi connectivity index (χ0n) is 15.7. The molecule has 6 nitrogen and oxygen atoms in total. The second kappa shape index (κ2) is 10.4. The van der Waals surface area contributed by atoms with Crippen molar-refractivity contribution >= 4 is 12.0 Å². The van der Waals surface area contributed by atoms with Gasteiger partial charge in [0.2, 0.25) is 5.91 Å². The van der Waals surface area contributed by atoms with Crippen LogP contribution in [-0.4, -0.2) is 37.9 Å². The standard InChI is InChI=1S/C20H21F3N2O4/c1-2-28-16-10-8-15(9-11-16)18(14-6-4-3-5-7-14)25-17(26)12-24-19(27)29-13-20(21,22)23/h3-11,18H,2,12-13H2,1H3,(H,24,27)(H,25,26). The van der Waals surface area contributed by atoms with Gasteiger partial charge >= 0.3 is 12.3 Å². The van der Waals surface area contributed by atoms with Crippen LogP contribution in [0.5, 0.6) is 5.75 Å². The Kier molecular flexibility index (Phi) is 7.88. The van der Waals surface area contributed by atoms with E-state index in [9.17, 15) is 22.8 Å². The van der Waals surface area contributed by atoms with E-state index in [2.05, 4.69) is 10.1 Å². The summed E-state index contributed by atoms with van der Waals surface area (Å²) in [6.07, 6.45) is -5.96. The molecular formula is C20H21F3N2O4. The highest BCUT2D eigenvalue weighted by atomic mass is 19.4. The van der Waals surface area contributed by atoms with E-state index >= 15 is 0 Å². The van der Waals surface area contributed by atoms with Crippen LogP contribution in [0.4, 0.5) is 18.0 Å². The Morgan fingerprint density at radius 3 is 2.21 bits per heavy atom. The van der Waals surface area contributed by atoms with Crippen molar-refractivity contribution in [2.75, 3.05) is 19.8 Å². The first-order valence-corrected chi connectivity index (χ1v) is 8.83. The Labute approximate surface area is 166 Å². The molecule has 0 saturated heterocycles. The van der Waals surface area contributed by atoms with Crippen LogP contribution in [0.1, 0.15) is 24.1 Å². The normalized spacial score (nSPS) is 12.0. The summed E-state index contributed by atoms with van der Waals surface area (Å²) < 4.78 is 45.5. The van der Waals surface area contributed by atoms with Gasteiger partial charge in [-0.3, -0.25) is 4.79 Å². The molecule has 0 bridgehead atoms. The number of halogens is 3. The highest BCUT2D eigenvalue weighted by molar-refractivity contribution is 5.82. The molecule has 0 spiro atoms. The third kappa shape index (κ3) is 7.73. The van der Waals surface area contributed by atoms with Crippen molar-refractivity contribution in [3.63, 3.8) is 0 Å². The fourth-order valence-electron chi connectivity index (χ4n) is 2.49. The number of alkyl carbamates (subject to hydrolysis) is 1. The topological polar surface area (TPSA) is 76.7 Å². The fourth-order valence-corrected chi connectivity index (χ4v) is 2.49. The summed E-state index contributed by atoms with van der Waals surface area (Å²) in [5.41, 5.74) is 1.57. The number of ether oxygens (including phenoxy) is 2. The van der Waals surface area contributed by atoms with E-state index in [-0.39, 0.29) is 0 Å². The monoisotopic (exact) mass is 410 g/mol. The molecule has 156 valence electrons. The minimum atomic E-state index is -4.63. The van der Waals surface area contributed by atoms with Gasteiger partial charge in [0.25, 0.3) is 0 Å². The third-order valence-corrected chi connectivity index (χ3v) is 3.72. The van der Waals surface area contributed by atoms with Crippen molar-refractivity contribution in [1.29, 1.82) is 0 Å². The van der Waals surface area contributed by atoms with Gasteiger partial charge in [0.05, 0.1) is 12.6 Å². The number of rotatable bonds is 8. The van der Waals surface area contributed by atoms with Crippen molar-refractivity contribution in [2.45, 2.75) is 19.1 Å². The zero-order valence-corrected chi connectivity index (χ0v) is 15.7. The lowest BCUT2D eigenvalue weighted by atomic mass is 9.98. The van der Waals surface area contributed by atoms with Crippen molar-refractivity contribution in [3.8, 4) is 5.75 Å². The predicted molar refractivity (Wildman–Crippen MR) is 99.4 cm³/mol. The van der Waals surface area contributed by atoms with E-state index in [0.717, 1.165) is 11.1 Å². The van der Waals surface area contributed by atoms with Gasteiger partial charge < -0.3 is 20.1 Å². The van der Waals surface area contributed by atoms with E-state index < -0.39 is 37.4 Å². The van der Waals surface area contributed by atoms with Crippen LogP contribution < -0.4 is 15.4 Å². The largest absolute Gasteiger partial charge is 0.494 e. The van der Waals surface area contributed by atoms with Gasteiger partial charge in [-0.05, 0) is 30.2 Å². The van der Waals surface area contributed by atoms with Crippen LogP contribution >= 0.6 is 0 Å². The van der Waals surface area contributed by atoms with E-state index in [0.29, 0.717) is 12.4 Å². The average Bonchev–Trinajstić information content (AvgIpc) is 2.70. The Morgan fingerprint density at radius 2 is 1.62 bits per heavy atom. The number of nitrogens with one attached hydrogen (secondary N) is 2. The van der Waals surface area contributed by atoms with Gasteiger partial charge in [-0.1, -0.05) is 42.5 Å². The molecule has 0 aliphatic carbocycles. The molecule has 0 aliphatic rings. The number of carbonyl (C=O) groups excluding carboxylic acids is 2. The van der Waals surface area contributed by atoms with Crippen LogP contribution in [0, 0.1) is 0 Å². The molecule has 2 aromatic rings. The molecular weight excluding hydrogens is 389 g/mol. The lowest BCUT2D eigenvalue weighted by Gasteiger charge is -2.20. The van der Waals surface area contributed by atoms with Gasteiger partial charge in [-0.15, -0.1) is 0 Å². The molecule has 0 aliphatic heterocycles. The third-order valence-electron chi connectivity index (χ3n) is 3.72. The number of carbonyl (C=O) groups is 2. The minimum absolute atomic E-state index is 0.521. The fraction of sp³-hybridized carbons (Fsp3) is 0.300. The summed E-state index contributed by atoms with van der Waals surface area (Å²) in [5.74, 6) is 0.0974. The maximum absolute atomic E-state index is 12.2. The van der Waals surface area contributed by atoms with Gasteiger partial charge in [0.15, 0.2) is 6.61 Å². The molecule has 1 unspecified atom stereocenters. The van der Waals surface area contributed by atoms with E-state index in [4.69, 9.17) is 4.74 Å². The number of hydrogen-bond acceptors (Lipinski definition) is 4. The summed E-state index contributed by atoms with van der Waals surface area (Å²) >= 11 is 0. The van der Waals surface area contributed by atoms with Crippen LogP contribution in [0.25, 0.3) is 0 Å². The lowest BCUT2D eigenvalue weighted by Crippen LogP contribution is -2.39. The Hall–Kier alpha value is -3.23. The molecule has 2 rings (SSSR count). The zero-order chi connectivity index (χ0) is 21.3. The van der Waals surface area contributed by atoms with Crippen LogP contribution in [-0.2, 0) is 9.53 Å². The van der Waals surface area contributed by atoms with Crippen LogP contribution in [0.3, 0.4) is 0 Å². The van der Waals surface area contributed by atoms with Crippen molar-refractivity contribution in [3.05, 3.63) is 65.7 Å². The molecule has 0 aromatic heterocycles. The predicted octanol–water partition coefficient (Wildman–Crippen LogP) is 3.58. The minimum Gasteiger partial charge on any atom is -0.494 e. The number of amides is 2. The second-order valence-electron chi connectivity index (χ2n) is 5.96. The Bertz CT molecular complexity index is 796. The molecule has 0 saturated carbocycles. The first kappa shape index (κ1) is 22.1. The van der Waals surface area contributed by atoms with Gasteiger partial charge in [0, 0.05) is 0 Å². The van der Waals surface area contributed by atoms with Crippen LogP contribution in [0.15, 0.2) is 54.6 Å². The Balaban J connectivity index is 2.02. The Morgan fingerprint density at radius 1 is 1.00 bits per heavy atom. The smallest absolute Gasteiger partial charge is 0.422 e. The molecule has 0 radical (unpaired) electrons. The second-order valence-corrected chi connectivity index (χ2v) is 5.96. The molecule has 2 aromatic carbocycles. The number of alkyl halides is 3. The summed E-state index contributed by atoms with van der Waals surface area (Å²) in [6, 6.07) is 15.7. The number of hydrogen-bond donors (Lipinski definition) is 2. The molecule has 9 heteroatoms. The highest BCUT2D eigenvalue weighted by Crippen LogP contribution is 2.24. The van der Waals surface area contributed by atoms with E-state index in [1.54, 1.807) is 24.3 Å². The summed E-state index contributed by atoms with van der Waals surface area (Å²) in [6.45, 7) is 0.137. The molecule has 2 amide bonds. The van der Waals surface area contributed by atoms with E-state index in [1.807, 2.05) is 42.6 Å². The van der Waals surface area contributed by atoms with Gasteiger partial charge in [-0.25, -0.2) is 4.79 Å². The number of benzene rings is 2. The first-order chi connectivity index (χ1) is 13.8. The molecule has 2 N–H and O–H groups in total. The van der Waals surface area contributed by atoms with Crippen molar-refractivity contribution in [1.82, 2.24) is 10.6 Å². The molecule has 1 atom stereocenters. The quantitative estimate of drug-likeness (QED) is 0.698. The summed E-state index contributed by atoms with van der Waals surface area (Å²) in [5, 5.41) is 4.75. The first-order valence-electron chi connectivity index (χ1n) is 8.83. The van der Waals surface area contributed by atoms with Crippen molar-refractivity contribution in [2.24, 2.45) is 0 Å². The van der Waals surface area contributed by atoms with Crippen molar-refractivity contribution < 1.29 is 32.2 Å².